The van der Waals surface area contributed by atoms with E-state index in [1.807, 2.05) is 0 Å². The molecule has 1 aliphatic carbocycles. The molecule has 10 aromatic carbocycles. The van der Waals surface area contributed by atoms with E-state index in [1.165, 1.54) is 77.5 Å². The van der Waals surface area contributed by atoms with Crippen molar-refractivity contribution in [2.24, 2.45) is 0 Å². The summed E-state index contributed by atoms with van der Waals surface area (Å²) in [7, 11) is 0. The molecule has 1 heteroatoms. The average Bonchev–Trinajstić information content (AvgIpc) is 3.64. The molecule has 10 aromatic rings. The monoisotopic (exact) mass is 763 g/mol. The molecule has 0 aliphatic heterocycles. The first-order chi connectivity index (χ1) is 29.8. The smallest absolute Gasteiger partial charge is 0.0714 e. The van der Waals surface area contributed by atoms with Crippen molar-refractivity contribution >= 4 is 27.8 Å². The van der Waals surface area contributed by atoms with Gasteiger partial charge in [0.25, 0.3) is 0 Å². The molecule has 0 aromatic heterocycles. The predicted octanol–water partition coefficient (Wildman–Crippen LogP) is 15.7. The van der Waals surface area contributed by atoms with Crippen LogP contribution in [-0.2, 0) is 5.41 Å². The van der Waals surface area contributed by atoms with Gasteiger partial charge in [-0.3, -0.25) is 0 Å². The Morgan fingerprint density at radius 3 is 1.47 bits per heavy atom. The maximum Gasteiger partial charge on any atom is 0.0714 e. The molecule has 0 N–H and O–H groups in total. The summed E-state index contributed by atoms with van der Waals surface area (Å²) in [6.45, 7) is 0. The van der Waals surface area contributed by atoms with E-state index in [9.17, 15) is 0 Å². The minimum atomic E-state index is -0.468. The number of benzene rings is 10. The van der Waals surface area contributed by atoms with Crippen LogP contribution in [0.25, 0.3) is 55.3 Å². The second-order valence-electron chi connectivity index (χ2n) is 15.6. The van der Waals surface area contributed by atoms with Gasteiger partial charge in [-0.1, -0.05) is 212 Å². The molecule has 0 spiro atoms. The molecule has 0 bridgehead atoms. The fourth-order valence-electron chi connectivity index (χ4n) is 9.63. The average molecular weight is 764 g/mol. The Hall–Kier alpha value is -7.74. The summed E-state index contributed by atoms with van der Waals surface area (Å²) in [5.74, 6) is 0. The van der Waals surface area contributed by atoms with Crippen molar-refractivity contribution in [2.75, 3.05) is 4.90 Å². The molecule has 0 amide bonds. The van der Waals surface area contributed by atoms with Crippen LogP contribution in [0.3, 0.4) is 0 Å². The molecule has 0 unspecified atom stereocenters. The van der Waals surface area contributed by atoms with Crippen molar-refractivity contribution in [1.29, 1.82) is 0 Å². The Morgan fingerprint density at radius 1 is 0.300 bits per heavy atom. The summed E-state index contributed by atoms with van der Waals surface area (Å²) in [5, 5.41) is 2.55. The first kappa shape index (κ1) is 35.4. The predicted molar refractivity (Wildman–Crippen MR) is 252 cm³/mol. The van der Waals surface area contributed by atoms with Gasteiger partial charge >= 0.3 is 0 Å². The molecule has 11 rings (SSSR count). The molecule has 0 saturated heterocycles. The van der Waals surface area contributed by atoms with Crippen LogP contribution in [-0.4, -0.2) is 0 Å². The molecule has 1 aliphatic rings. The lowest BCUT2D eigenvalue weighted by molar-refractivity contribution is 0.769. The normalized spacial score (nSPS) is 12.5. The summed E-state index contributed by atoms with van der Waals surface area (Å²) in [4.78, 5) is 2.36. The fraction of sp³-hybridized carbons (Fsp3) is 0.0169. The van der Waals surface area contributed by atoms with Gasteiger partial charge in [0.15, 0.2) is 0 Å². The highest BCUT2D eigenvalue weighted by molar-refractivity contribution is 6.04. The van der Waals surface area contributed by atoms with Crippen LogP contribution in [0.15, 0.2) is 249 Å². The highest BCUT2D eigenvalue weighted by atomic mass is 15.1. The third-order valence-electron chi connectivity index (χ3n) is 12.4. The number of fused-ring (bicyclic) bond motifs is 5. The molecule has 0 atom stereocenters. The van der Waals surface area contributed by atoms with E-state index in [-0.39, 0.29) is 0 Å². The minimum Gasteiger partial charge on any atom is -0.310 e. The summed E-state index contributed by atoms with van der Waals surface area (Å²) in [6, 6.07) is 90.8. The quantitative estimate of drug-likeness (QED) is 0.149. The Morgan fingerprint density at radius 2 is 0.800 bits per heavy atom. The van der Waals surface area contributed by atoms with Gasteiger partial charge in [-0.15, -0.1) is 0 Å². The number of para-hydroxylation sites is 2. The van der Waals surface area contributed by atoms with Gasteiger partial charge in [0.2, 0.25) is 0 Å². The van der Waals surface area contributed by atoms with Crippen molar-refractivity contribution in [3.63, 3.8) is 0 Å². The third-order valence-corrected chi connectivity index (χ3v) is 12.4. The van der Waals surface area contributed by atoms with E-state index in [4.69, 9.17) is 0 Å². The number of nitrogens with zero attached hydrogens (tertiary/aromatic N) is 1. The van der Waals surface area contributed by atoms with Gasteiger partial charge in [-0.25, -0.2) is 0 Å². The molecular weight excluding hydrogens is 723 g/mol. The molecular formula is C59H41N. The highest BCUT2D eigenvalue weighted by Crippen LogP contribution is 2.58. The maximum absolute atomic E-state index is 2.46. The van der Waals surface area contributed by atoms with Gasteiger partial charge in [-0.2, -0.15) is 0 Å². The second-order valence-corrected chi connectivity index (χ2v) is 15.6. The fourth-order valence-corrected chi connectivity index (χ4v) is 9.63. The van der Waals surface area contributed by atoms with Crippen LogP contribution in [0.2, 0.25) is 0 Å². The van der Waals surface area contributed by atoms with Crippen molar-refractivity contribution in [1.82, 2.24) is 0 Å². The lowest BCUT2D eigenvalue weighted by atomic mass is 9.67. The number of hydrogen-bond acceptors (Lipinski definition) is 1. The zero-order valence-electron chi connectivity index (χ0n) is 33.1. The number of rotatable bonds is 8. The van der Waals surface area contributed by atoms with Crippen molar-refractivity contribution in [3.8, 4) is 44.5 Å². The van der Waals surface area contributed by atoms with Gasteiger partial charge in [0.1, 0.15) is 0 Å². The van der Waals surface area contributed by atoms with Crippen LogP contribution in [0.4, 0.5) is 17.1 Å². The number of hydrogen-bond donors (Lipinski definition) is 0. The van der Waals surface area contributed by atoms with E-state index in [2.05, 4.69) is 254 Å². The van der Waals surface area contributed by atoms with Crippen LogP contribution < -0.4 is 4.90 Å². The number of anilines is 3. The Balaban J connectivity index is 0.983. The molecule has 0 saturated carbocycles. The zero-order valence-corrected chi connectivity index (χ0v) is 33.1. The Kier molecular flexibility index (Phi) is 8.79. The van der Waals surface area contributed by atoms with E-state index in [1.54, 1.807) is 0 Å². The topological polar surface area (TPSA) is 3.24 Å². The van der Waals surface area contributed by atoms with E-state index < -0.39 is 5.41 Å². The van der Waals surface area contributed by atoms with E-state index in [0.29, 0.717) is 0 Å². The lowest BCUT2D eigenvalue weighted by Crippen LogP contribution is -2.28. The SMILES string of the molecule is c1ccc(-c2ccccc2N(c2ccccc2)c2ccc(-c3ccc(-c4ccc5c(c4)C(c4ccccc4)(c4ccccc4)c4ccc6ccccc6c4-5)cc3)cc2)cc1. The molecule has 0 radical (unpaired) electrons. The maximum atomic E-state index is 2.46. The zero-order chi connectivity index (χ0) is 39.9. The van der Waals surface area contributed by atoms with Crippen LogP contribution in [0.1, 0.15) is 22.3 Å². The minimum absolute atomic E-state index is 0.468. The van der Waals surface area contributed by atoms with Gasteiger partial charge < -0.3 is 4.90 Å². The highest BCUT2D eigenvalue weighted by Gasteiger charge is 2.46. The van der Waals surface area contributed by atoms with Crippen molar-refractivity contribution < 1.29 is 0 Å². The summed E-state index contributed by atoms with van der Waals surface area (Å²) in [5.41, 5.74) is 17.9. The van der Waals surface area contributed by atoms with Crippen LogP contribution in [0.5, 0.6) is 0 Å². The molecule has 1 nitrogen and oxygen atoms in total. The Labute approximate surface area is 352 Å². The van der Waals surface area contributed by atoms with Crippen molar-refractivity contribution in [3.05, 3.63) is 271 Å². The molecule has 282 valence electrons. The van der Waals surface area contributed by atoms with Gasteiger partial charge in [-0.05, 0) is 108 Å². The lowest BCUT2D eigenvalue weighted by Gasteiger charge is -2.34. The standard InChI is InChI=1S/C59H41N/c1-5-17-45(18-6-1)52-26-15-16-28-57(52)60(50-24-11-4-12-25-50)51-37-33-43(34-38-51)42-29-31-44(32-30-42)47-35-39-54-56(41-47)59(48-20-7-2-8-21-48,49-22-9-3-10-23-49)55-40-36-46-19-13-14-27-53(46)58(54)55/h1-41H. The van der Waals surface area contributed by atoms with E-state index >= 15 is 0 Å². The molecule has 0 heterocycles. The van der Waals surface area contributed by atoms with E-state index in [0.717, 1.165) is 17.1 Å². The first-order valence-corrected chi connectivity index (χ1v) is 20.8. The second kappa shape index (κ2) is 14.9. The summed E-state index contributed by atoms with van der Waals surface area (Å²) >= 11 is 0. The molecule has 60 heavy (non-hydrogen) atoms. The third kappa shape index (κ3) is 5.86. The van der Waals surface area contributed by atoms with Crippen LogP contribution in [0, 0.1) is 0 Å². The first-order valence-electron chi connectivity index (χ1n) is 20.8. The summed E-state index contributed by atoms with van der Waals surface area (Å²) in [6.07, 6.45) is 0. The van der Waals surface area contributed by atoms with Crippen molar-refractivity contribution in [2.45, 2.75) is 5.41 Å². The summed E-state index contributed by atoms with van der Waals surface area (Å²) < 4.78 is 0. The molecule has 0 fully saturated rings. The van der Waals surface area contributed by atoms with Gasteiger partial charge in [0, 0.05) is 16.9 Å². The van der Waals surface area contributed by atoms with Gasteiger partial charge in [0.05, 0.1) is 11.1 Å². The largest absolute Gasteiger partial charge is 0.310 e. The Bertz CT molecular complexity index is 3060. The van der Waals surface area contributed by atoms with Crippen LogP contribution >= 0.6 is 0 Å².